The van der Waals surface area contributed by atoms with Gasteiger partial charge in [0.1, 0.15) is 0 Å². The molecule has 0 spiro atoms. The Morgan fingerprint density at radius 3 is 2.53 bits per heavy atom. The highest BCUT2D eigenvalue weighted by Crippen LogP contribution is 2.19. The Morgan fingerprint density at radius 2 is 1.89 bits per heavy atom. The molecule has 0 aromatic heterocycles. The van der Waals surface area contributed by atoms with E-state index in [1.165, 1.54) is 19.2 Å². The molecule has 0 N–H and O–H groups in total. The number of ketones is 1. The molecule has 0 fully saturated rings. The van der Waals surface area contributed by atoms with Gasteiger partial charge in [-0.2, -0.15) is 0 Å². The fourth-order valence-corrected chi connectivity index (χ4v) is 1.89. The summed E-state index contributed by atoms with van der Waals surface area (Å²) in [5.74, 6) is -0.418. The lowest BCUT2D eigenvalue weighted by Gasteiger charge is -2.05. The van der Waals surface area contributed by atoms with Gasteiger partial charge in [0.25, 0.3) is 0 Å². The molecule has 0 amide bonds. The Morgan fingerprint density at radius 1 is 1.16 bits per heavy atom. The Labute approximate surface area is 111 Å². The van der Waals surface area contributed by atoms with E-state index >= 15 is 0 Å². The molecule has 0 aliphatic rings. The van der Waals surface area contributed by atoms with Gasteiger partial charge in [0.05, 0.1) is 7.11 Å². The highest BCUT2D eigenvalue weighted by atomic mass is 19.1. The Kier molecular flexibility index (Phi) is 4.29. The van der Waals surface area contributed by atoms with Gasteiger partial charge in [-0.25, -0.2) is 4.39 Å². The van der Waals surface area contributed by atoms with Gasteiger partial charge in [-0.05, 0) is 30.2 Å². The summed E-state index contributed by atoms with van der Waals surface area (Å²) in [5.41, 5.74) is 1.49. The standard InChI is InChI=1S/C16H15FO2/c1-19-16-10-8-13(11-14(16)17)15(18)9-7-12-5-3-2-4-6-12/h2-6,8,10-11H,7,9H2,1H3. The maximum atomic E-state index is 13.5. The number of Topliss-reactive ketones (excluding diaryl/α,β-unsaturated/α-hetero) is 1. The molecule has 0 bridgehead atoms. The van der Waals surface area contributed by atoms with Crippen molar-refractivity contribution in [2.24, 2.45) is 0 Å². The van der Waals surface area contributed by atoms with Gasteiger partial charge in [0.2, 0.25) is 0 Å². The fraction of sp³-hybridized carbons (Fsp3) is 0.188. The molecule has 0 saturated heterocycles. The Hall–Kier alpha value is -2.16. The molecule has 0 heterocycles. The second-order valence-electron chi connectivity index (χ2n) is 4.26. The van der Waals surface area contributed by atoms with E-state index in [1.807, 2.05) is 30.3 Å². The maximum absolute atomic E-state index is 13.5. The molecule has 0 aliphatic carbocycles. The molecule has 0 aliphatic heterocycles. The lowest BCUT2D eigenvalue weighted by Crippen LogP contribution is -2.02. The van der Waals surface area contributed by atoms with Crippen molar-refractivity contribution in [2.75, 3.05) is 7.11 Å². The molecular formula is C16H15FO2. The summed E-state index contributed by atoms with van der Waals surface area (Å²) in [5, 5.41) is 0. The summed E-state index contributed by atoms with van der Waals surface area (Å²) in [6.45, 7) is 0. The van der Waals surface area contributed by atoms with Crippen molar-refractivity contribution in [1.82, 2.24) is 0 Å². The number of halogens is 1. The van der Waals surface area contributed by atoms with Crippen LogP contribution in [0.3, 0.4) is 0 Å². The number of hydrogen-bond acceptors (Lipinski definition) is 2. The van der Waals surface area contributed by atoms with E-state index in [1.54, 1.807) is 6.07 Å². The minimum Gasteiger partial charge on any atom is -0.494 e. The van der Waals surface area contributed by atoms with Crippen molar-refractivity contribution in [1.29, 1.82) is 0 Å². The largest absolute Gasteiger partial charge is 0.494 e. The van der Waals surface area contributed by atoms with E-state index in [4.69, 9.17) is 4.74 Å². The van der Waals surface area contributed by atoms with Crippen LogP contribution in [0, 0.1) is 5.82 Å². The molecule has 0 saturated carbocycles. The van der Waals surface area contributed by atoms with Gasteiger partial charge in [-0.15, -0.1) is 0 Å². The molecular weight excluding hydrogens is 243 g/mol. The second-order valence-corrected chi connectivity index (χ2v) is 4.26. The molecule has 2 aromatic rings. The van der Waals surface area contributed by atoms with Crippen LogP contribution < -0.4 is 4.74 Å². The third-order valence-corrected chi connectivity index (χ3v) is 2.96. The van der Waals surface area contributed by atoms with E-state index in [-0.39, 0.29) is 11.5 Å². The zero-order chi connectivity index (χ0) is 13.7. The van der Waals surface area contributed by atoms with Gasteiger partial charge < -0.3 is 4.74 Å². The van der Waals surface area contributed by atoms with Crippen LogP contribution in [0.1, 0.15) is 22.3 Å². The summed E-state index contributed by atoms with van der Waals surface area (Å²) in [4.78, 5) is 12.0. The lowest BCUT2D eigenvalue weighted by molar-refractivity contribution is 0.0982. The smallest absolute Gasteiger partial charge is 0.165 e. The van der Waals surface area contributed by atoms with Crippen molar-refractivity contribution in [3.05, 3.63) is 65.5 Å². The predicted octanol–water partition coefficient (Wildman–Crippen LogP) is 3.65. The van der Waals surface area contributed by atoms with Crippen LogP contribution in [0.5, 0.6) is 5.75 Å². The van der Waals surface area contributed by atoms with Crippen molar-refractivity contribution in [3.8, 4) is 5.75 Å². The van der Waals surface area contributed by atoms with E-state index in [9.17, 15) is 9.18 Å². The first-order valence-electron chi connectivity index (χ1n) is 6.11. The number of carbonyl (C=O) groups excluding carboxylic acids is 1. The second kappa shape index (κ2) is 6.14. The van der Waals surface area contributed by atoms with Gasteiger partial charge in [0, 0.05) is 12.0 Å². The Balaban J connectivity index is 2.02. The van der Waals surface area contributed by atoms with Crippen molar-refractivity contribution >= 4 is 5.78 Å². The average Bonchev–Trinajstić information content (AvgIpc) is 2.45. The average molecular weight is 258 g/mol. The molecule has 0 unspecified atom stereocenters. The number of hydrogen-bond donors (Lipinski definition) is 0. The molecule has 3 heteroatoms. The first kappa shape index (κ1) is 13.3. The highest BCUT2D eigenvalue weighted by Gasteiger charge is 2.10. The number of methoxy groups -OCH3 is 1. The van der Waals surface area contributed by atoms with Gasteiger partial charge >= 0.3 is 0 Å². The SMILES string of the molecule is COc1ccc(C(=O)CCc2ccccc2)cc1F. The summed E-state index contributed by atoms with van der Waals surface area (Å²) in [7, 11) is 1.40. The topological polar surface area (TPSA) is 26.3 Å². The quantitative estimate of drug-likeness (QED) is 0.765. The maximum Gasteiger partial charge on any atom is 0.165 e. The van der Waals surface area contributed by atoms with E-state index in [0.29, 0.717) is 18.4 Å². The molecule has 0 radical (unpaired) electrons. The van der Waals surface area contributed by atoms with Crippen LogP contribution in [-0.2, 0) is 6.42 Å². The van der Waals surface area contributed by atoms with Crippen LogP contribution in [0.15, 0.2) is 48.5 Å². The van der Waals surface area contributed by atoms with Crippen LogP contribution >= 0.6 is 0 Å². The van der Waals surface area contributed by atoms with Gasteiger partial charge in [0.15, 0.2) is 17.3 Å². The fourth-order valence-electron chi connectivity index (χ4n) is 1.89. The lowest BCUT2D eigenvalue weighted by atomic mass is 10.0. The van der Waals surface area contributed by atoms with Crippen LogP contribution in [0.4, 0.5) is 4.39 Å². The van der Waals surface area contributed by atoms with E-state index < -0.39 is 5.82 Å². The molecule has 0 atom stereocenters. The monoisotopic (exact) mass is 258 g/mol. The van der Waals surface area contributed by atoms with Gasteiger partial charge in [-0.1, -0.05) is 30.3 Å². The zero-order valence-electron chi connectivity index (χ0n) is 10.7. The highest BCUT2D eigenvalue weighted by molar-refractivity contribution is 5.96. The summed E-state index contributed by atoms with van der Waals surface area (Å²) in [6.07, 6.45) is 1.03. The third kappa shape index (κ3) is 3.41. The summed E-state index contributed by atoms with van der Waals surface area (Å²) >= 11 is 0. The number of rotatable bonds is 5. The first-order valence-corrected chi connectivity index (χ1v) is 6.11. The van der Waals surface area contributed by atoms with E-state index in [2.05, 4.69) is 0 Å². The van der Waals surface area contributed by atoms with Crippen molar-refractivity contribution in [3.63, 3.8) is 0 Å². The van der Waals surface area contributed by atoms with Gasteiger partial charge in [-0.3, -0.25) is 4.79 Å². The normalized spacial score (nSPS) is 10.2. The number of benzene rings is 2. The summed E-state index contributed by atoms with van der Waals surface area (Å²) in [6, 6.07) is 14.1. The summed E-state index contributed by atoms with van der Waals surface area (Å²) < 4.78 is 18.3. The van der Waals surface area contributed by atoms with Crippen LogP contribution in [0.25, 0.3) is 0 Å². The molecule has 19 heavy (non-hydrogen) atoms. The van der Waals surface area contributed by atoms with Crippen molar-refractivity contribution < 1.29 is 13.9 Å². The molecule has 98 valence electrons. The van der Waals surface area contributed by atoms with Crippen LogP contribution in [-0.4, -0.2) is 12.9 Å². The minimum atomic E-state index is -0.506. The molecule has 2 nitrogen and oxygen atoms in total. The number of carbonyl (C=O) groups is 1. The number of aryl methyl sites for hydroxylation is 1. The van der Waals surface area contributed by atoms with E-state index in [0.717, 1.165) is 5.56 Å². The number of ether oxygens (including phenoxy) is 1. The molecule has 2 rings (SSSR count). The predicted molar refractivity (Wildman–Crippen MR) is 72.0 cm³/mol. The van der Waals surface area contributed by atoms with Crippen LogP contribution in [0.2, 0.25) is 0 Å². The zero-order valence-corrected chi connectivity index (χ0v) is 10.7. The minimum absolute atomic E-state index is 0.0644. The molecule has 2 aromatic carbocycles. The Bertz CT molecular complexity index is 564. The first-order chi connectivity index (χ1) is 9.20. The third-order valence-electron chi connectivity index (χ3n) is 2.96. The van der Waals surface area contributed by atoms with Crippen molar-refractivity contribution in [2.45, 2.75) is 12.8 Å².